The van der Waals surface area contributed by atoms with Crippen LogP contribution >= 0.6 is 0 Å². The van der Waals surface area contributed by atoms with Gasteiger partial charge in [-0.15, -0.1) is 0 Å². The number of hydrogen-bond acceptors (Lipinski definition) is 11. The fourth-order valence-electron chi connectivity index (χ4n) is 8.00. The van der Waals surface area contributed by atoms with Crippen LogP contribution in [0.3, 0.4) is 0 Å². The second-order valence-electron chi connectivity index (χ2n) is 18.3. The average molecular weight is 831 g/mol. The Morgan fingerprint density at radius 1 is 1.03 bits per heavy atom. The summed E-state index contributed by atoms with van der Waals surface area (Å²) in [6.07, 6.45) is 0.249. The Morgan fingerprint density at radius 2 is 1.74 bits per heavy atom. The van der Waals surface area contributed by atoms with Gasteiger partial charge in [-0.05, 0) is 80.9 Å². The highest BCUT2D eigenvalue weighted by atomic mass is 32.2. The summed E-state index contributed by atoms with van der Waals surface area (Å²) in [6, 6.07) is 2.08. The van der Waals surface area contributed by atoms with Gasteiger partial charge in [0.1, 0.15) is 35.4 Å². The Morgan fingerprint density at radius 3 is 2.38 bits per heavy atom. The number of benzene rings is 1. The van der Waals surface area contributed by atoms with Gasteiger partial charge >= 0.3 is 12.2 Å². The highest BCUT2D eigenvalue weighted by molar-refractivity contribution is 7.91. The molecule has 2 saturated carbocycles. The molecule has 3 aliphatic heterocycles. The lowest BCUT2D eigenvalue weighted by molar-refractivity contribution is -0.145. The topological polar surface area (TPSA) is 219 Å². The van der Waals surface area contributed by atoms with Gasteiger partial charge in [0.05, 0.1) is 18.4 Å². The summed E-state index contributed by atoms with van der Waals surface area (Å²) in [4.78, 5) is 86.2. The van der Waals surface area contributed by atoms with Gasteiger partial charge in [-0.2, -0.15) is 0 Å². The zero-order valence-corrected chi connectivity index (χ0v) is 35.3. The Balaban J connectivity index is 1.31. The van der Waals surface area contributed by atoms with Crippen LogP contribution in [0.15, 0.2) is 18.2 Å². The summed E-state index contributed by atoms with van der Waals surface area (Å²) < 4.78 is 45.1. The van der Waals surface area contributed by atoms with Crippen LogP contribution < -0.4 is 20.7 Å². The van der Waals surface area contributed by atoms with Crippen LogP contribution in [-0.2, 0) is 62.9 Å². The Bertz CT molecular complexity index is 1920. The minimum atomic E-state index is -3.92. The number of amides is 6. The lowest BCUT2D eigenvalue weighted by Gasteiger charge is -2.36. The van der Waals surface area contributed by atoms with E-state index in [0.717, 1.165) is 16.7 Å². The van der Waals surface area contributed by atoms with E-state index in [4.69, 9.17) is 14.2 Å². The molecule has 1 saturated heterocycles. The van der Waals surface area contributed by atoms with Crippen molar-refractivity contribution in [2.45, 2.75) is 147 Å². The number of alkyl carbamates (subject to hydrolysis) is 1. The largest absolute Gasteiger partial charge is 0.444 e. The molecular formula is C40H58N6O11S. The van der Waals surface area contributed by atoms with E-state index in [0.29, 0.717) is 45.2 Å². The SMILES string of the molecule is CC[C@@H]1CC1(NC(=O)[C@@H]1C[C@@H]2CN1C(=O)[C@H](C(C)(C)C)NC(=O)[C@@H](NC(=O)OC(C)(C)C)COCCCc1cccc3c1CN(C3)C(=O)O2)C(=O)NS(=O)(=O)C1CC1. The molecule has 0 aromatic heterocycles. The average Bonchev–Trinajstić information content (AvgIpc) is 4.01. The minimum Gasteiger partial charge on any atom is -0.444 e. The molecule has 4 N–H and O–H groups in total. The van der Waals surface area contributed by atoms with E-state index in [-0.39, 0.29) is 38.5 Å². The molecule has 5 aliphatic rings. The van der Waals surface area contributed by atoms with Crippen LogP contribution in [0.4, 0.5) is 9.59 Å². The molecule has 6 amide bonds. The van der Waals surface area contributed by atoms with E-state index >= 15 is 0 Å². The third-order valence-corrected chi connectivity index (χ3v) is 13.2. The monoisotopic (exact) mass is 830 g/mol. The normalized spacial score (nSPS) is 28.3. The molecule has 1 aromatic rings. The number of fused-ring (bicyclic) bond motifs is 3. The zero-order valence-electron chi connectivity index (χ0n) is 34.5. The smallest absolute Gasteiger partial charge is 0.410 e. The van der Waals surface area contributed by atoms with Gasteiger partial charge in [-0.1, -0.05) is 52.3 Å². The molecule has 6 rings (SSSR count). The zero-order chi connectivity index (χ0) is 42.4. The lowest BCUT2D eigenvalue weighted by atomic mass is 9.85. The number of nitrogens with one attached hydrogen (secondary N) is 4. The number of ether oxygens (including phenoxy) is 3. The maximum atomic E-state index is 14.8. The number of hydrogen-bond donors (Lipinski definition) is 4. The first-order valence-corrected chi connectivity index (χ1v) is 21.8. The van der Waals surface area contributed by atoms with Crippen LogP contribution in [0.1, 0.15) is 104 Å². The lowest BCUT2D eigenvalue weighted by Crippen LogP contribution is -2.62. The maximum Gasteiger partial charge on any atom is 0.410 e. The predicted molar refractivity (Wildman–Crippen MR) is 209 cm³/mol. The van der Waals surface area contributed by atoms with E-state index in [2.05, 4.69) is 20.7 Å². The van der Waals surface area contributed by atoms with Crippen LogP contribution in [0, 0.1) is 11.3 Å². The molecular weight excluding hydrogens is 773 g/mol. The van der Waals surface area contributed by atoms with Crippen molar-refractivity contribution in [1.82, 2.24) is 30.5 Å². The standard InChI is InChI=1S/C40H58N6O11S/c1-8-25-18-40(25,35(50)44-58(53,54)27-14-15-27)43-33(48)30-17-26-20-46(30)34(49)31(38(2,3)4)42-32(47)29(41-36(51)57-39(5,6)7)22-55-16-10-13-23-11-9-12-24-19-45(21-28(23)24)37(52)56-26/h9,11-12,25-27,29-31H,8,10,13-22H2,1-7H3,(H,41,51)(H,42,47)(H,43,48)(H,44,50)/t25-,26-,29+,30+,31-,40?/m1/s1. The summed E-state index contributed by atoms with van der Waals surface area (Å²) >= 11 is 0. The summed E-state index contributed by atoms with van der Waals surface area (Å²) in [6.45, 7) is 12.5. The van der Waals surface area contributed by atoms with Crippen molar-refractivity contribution in [3.8, 4) is 0 Å². The number of rotatable bonds is 7. The second-order valence-corrected chi connectivity index (χ2v) is 20.2. The van der Waals surface area contributed by atoms with Gasteiger partial charge < -0.3 is 35.1 Å². The van der Waals surface area contributed by atoms with Gasteiger partial charge in [0.15, 0.2) is 0 Å². The molecule has 320 valence electrons. The fraction of sp³-hybridized carbons (Fsp3) is 0.700. The fourth-order valence-corrected chi connectivity index (χ4v) is 9.36. The number of nitrogens with zero attached hydrogens (tertiary/aromatic N) is 2. The third kappa shape index (κ3) is 9.70. The van der Waals surface area contributed by atoms with Crippen molar-refractivity contribution in [2.24, 2.45) is 11.3 Å². The van der Waals surface area contributed by atoms with E-state index in [9.17, 15) is 37.2 Å². The number of carbonyl (C=O) groups is 6. The maximum absolute atomic E-state index is 14.8. The van der Waals surface area contributed by atoms with E-state index < -0.39 is 91.9 Å². The number of sulfonamides is 1. The van der Waals surface area contributed by atoms with E-state index in [1.807, 2.05) is 25.1 Å². The van der Waals surface area contributed by atoms with Gasteiger partial charge in [-0.3, -0.25) is 28.8 Å². The van der Waals surface area contributed by atoms with Crippen LogP contribution in [0.5, 0.6) is 0 Å². The molecule has 1 unspecified atom stereocenters. The molecule has 0 spiro atoms. The summed E-state index contributed by atoms with van der Waals surface area (Å²) in [5, 5.41) is 7.53. The first kappa shape index (κ1) is 43.1. The Hall–Kier alpha value is -4.45. The van der Waals surface area contributed by atoms with Gasteiger partial charge in [0, 0.05) is 26.1 Å². The third-order valence-electron chi connectivity index (χ3n) is 11.4. The van der Waals surface area contributed by atoms with Crippen LogP contribution in [0.25, 0.3) is 0 Å². The number of carbonyl (C=O) groups excluding carboxylic acids is 6. The molecule has 4 bridgehead atoms. The van der Waals surface area contributed by atoms with E-state index in [1.54, 1.807) is 46.4 Å². The first-order valence-electron chi connectivity index (χ1n) is 20.2. The van der Waals surface area contributed by atoms with Crippen molar-refractivity contribution in [3.63, 3.8) is 0 Å². The molecule has 0 radical (unpaired) electrons. The molecule has 2 aliphatic carbocycles. The Labute approximate surface area is 340 Å². The van der Waals surface area contributed by atoms with Crippen molar-refractivity contribution in [3.05, 3.63) is 34.9 Å². The van der Waals surface area contributed by atoms with E-state index in [1.165, 1.54) is 4.90 Å². The van der Waals surface area contributed by atoms with Crippen molar-refractivity contribution < 1.29 is 51.4 Å². The van der Waals surface area contributed by atoms with Crippen molar-refractivity contribution >= 4 is 45.8 Å². The van der Waals surface area contributed by atoms with Crippen LogP contribution in [0.2, 0.25) is 0 Å². The van der Waals surface area contributed by atoms with Gasteiger partial charge in [0.2, 0.25) is 27.7 Å². The molecule has 18 heteroatoms. The number of aryl methyl sites for hydroxylation is 1. The van der Waals surface area contributed by atoms with Crippen LogP contribution in [-0.4, -0.2) is 114 Å². The van der Waals surface area contributed by atoms with Gasteiger partial charge in [-0.25, -0.2) is 18.0 Å². The second kappa shape index (κ2) is 16.3. The van der Waals surface area contributed by atoms with Crippen molar-refractivity contribution in [2.75, 3.05) is 19.8 Å². The van der Waals surface area contributed by atoms with Gasteiger partial charge in [0.25, 0.3) is 5.91 Å². The van der Waals surface area contributed by atoms with Crippen molar-refractivity contribution in [1.29, 1.82) is 0 Å². The minimum absolute atomic E-state index is 0.119. The first-order chi connectivity index (χ1) is 27.1. The molecule has 3 heterocycles. The summed E-state index contributed by atoms with van der Waals surface area (Å²) in [5.74, 6) is -3.29. The molecule has 1 aromatic carbocycles. The highest BCUT2D eigenvalue weighted by Gasteiger charge is 2.62. The molecule has 6 atom stereocenters. The predicted octanol–water partition coefficient (Wildman–Crippen LogP) is 2.39. The molecule has 58 heavy (non-hydrogen) atoms. The Kier molecular flexibility index (Phi) is 12.1. The summed E-state index contributed by atoms with van der Waals surface area (Å²) in [5.41, 5.74) is -0.321. The quantitative estimate of drug-likeness (QED) is 0.313. The molecule has 3 fully saturated rings. The highest BCUT2D eigenvalue weighted by Crippen LogP contribution is 2.47. The molecule has 17 nitrogen and oxygen atoms in total. The summed E-state index contributed by atoms with van der Waals surface area (Å²) in [7, 11) is -3.92.